The fourth-order valence-corrected chi connectivity index (χ4v) is 2.81. The fraction of sp³-hybridized carbons (Fsp3) is 0.333. The van der Waals surface area contributed by atoms with Gasteiger partial charge < -0.3 is 21.4 Å². The van der Waals surface area contributed by atoms with E-state index >= 15 is 0 Å². The van der Waals surface area contributed by atoms with Gasteiger partial charge in [0.05, 0.1) is 0 Å². The Labute approximate surface area is 155 Å². The van der Waals surface area contributed by atoms with Crippen LogP contribution >= 0.6 is 0 Å². The van der Waals surface area contributed by atoms with E-state index in [0.29, 0.717) is 18.7 Å². The Balaban J connectivity index is 1.87. The van der Waals surface area contributed by atoms with Gasteiger partial charge in [-0.25, -0.2) is 0 Å². The lowest BCUT2D eigenvalue weighted by atomic mass is 10.0. The molecule has 5 heteroatoms. The number of rotatable bonds is 9. The van der Waals surface area contributed by atoms with E-state index in [-0.39, 0.29) is 11.9 Å². The Hall–Kier alpha value is -2.66. The molecule has 2 aromatic carbocycles. The molecule has 138 valence electrons. The van der Waals surface area contributed by atoms with Crippen LogP contribution in [0.4, 0.5) is 5.69 Å². The summed E-state index contributed by atoms with van der Waals surface area (Å²) in [5.74, 6) is 0.0678. The minimum absolute atomic E-state index is 0.0678. The molecule has 26 heavy (non-hydrogen) atoms. The van der Waals surface area contributed by atoms with Crippen LogP contribution in [0.3, 0.4) is 0 Å². The Bertz CT molecular complexity index is 728. The quantitative estimate of drug-likeness (QED) is 0.479. The number of nitrogen functional groups attached to an aromatic ring is 1. The Morgan fingerprint density at radius 2 is 1.92 bits per heavy atom. The molecule has 0 aliphatic rings. The van der Waals surface area contributed by atoms with Gasteiger partial charge in [0.1, 0.15) is 0 Å². The first-order chi connectivity index (χ1) is 12.5. The van der Waals surface area contributed by atoms with Crippen molar-refractivity contribution in [3.63, 3.8) is 0 Å². The van der Waals surface area contributed by atoms with Gasteiger partial charge in [0, 0.05) is 36.5 Å². The summed E-state index contributed by atoms with van der Waals surface area (Å²) in [6.45, 7) is 0.588. The van der Waals surface area contributed by atoms with Gasteiger partial charge >= 0.3 is 0 Å². The van der Waals surface area contributed by atoms with Gasteiger partial charge in [-0.05, 0) is 50.2 Å². The van der Waals surface area contributed by atoms with Crippen LogP contribution in [0.2, 0.25) is 0 Å². The number of carbonyl (C=O) groups excluding carboxylic acids is 1. The second kappa shape index (κ2) is 9.73. The maximum atomic E-state index is 12.2. The second-order valence-electron chi connectivity index (χ2n) is 6.72. The number of benzene rings is 2. The largest absolute Gasteiger partial charge is 0.398 e. The van der Waals surface area contributed by atoms with E-state index in [1.807, 2.05) is 62.6 Å². The van der Waals surface area contributed by atoms with Gasteiger partial charge in [-0.3, -0.25) is 4.79 Å². The van der Waals surface area contributed by atoms with E-state index in [2.05, 4.69) is 10.2 Å². The second-order valence-corrected chi connectivity index (χ2v) is 6.72. The van der Waals surface area contributed by atoms with Crippen molar-refractivity contribution in [1.82, 2.24) is 10.2 Å². The first kappa shape index (κ1) is 19.7. The minimum atomic E-state index is 0.0678. The minimum Gasteiger partial charge on any atom is -0.398 e. The highest BCUT2D eigenvalue weighted by Crippen LogP contribution is 2.14. The summed E-state index contributed by atoms with van der Waals surface area (Å²) in [5, 5.41) is 10.5. The van der Waals surface area contributed by atoms with Crippen LogP contribution < -0.4 is 11.1 Å². The molecule has 0 fully saturated rings. The van der Waals surface area contributed by atoms with Crippen molar-refractivity contribution in [2.45, 2.75) is 25.3 Å². The third-order valence-corrected chi connectivity index (χ3v) is 4.53. The SMILES string of the molecule is CN(C)C(CNC(=O)CCc1ccccc1)Cc1ccc(N)c(C=N)c1. The van der Waals surface area contributed by atoms with Gasteiger partial charge in [-0.2, -0.15) is 0 Å². The molecular weight excluding hydrogens is 324 g/mol. The highest BCUT2D eigenvalue weighted by Gasteiger charge is 2.14. The van der Waals surface area contributed by atoms with Crippen molar-refractivity contribution >= 4 is 17.8 Å². The molecule has 4 N–H and O–H groups in total. The van der Waals surface area contributed by atoms with Crippen molar-refractivity contribution in [2.24, 2.45) is 0 Å². The standard InChI is InChI=1S/C21H28N4O/c1-25(2)19(13-17-8-10-20(23)18(12-17)14-22)15-24-21(26)11-9-16-6-4-3-5-7-16/h3-8,10,12,14,19,22H,9,11,13,15,23H2,1-2H3,(H,24,26). The number of aryl methyl sites for hydroxylation is 1. The lowest BCUT2D eigenvalue weighted by molar-refractivity contribution is -0.121. The zero-order valence-corrected chi connectivity index (χ0v) is 15.5. The van der Waals surface area contributed by atoms with Gasteiger partial charge in [0.25, 0.3) is 0 Å². The Kier molecular flexibility index (Phi) is 7.36. The molecule has 1 unspecified atom stereocenters. The van der Waals surface area contributed by atoms with E-state index < -0.39 is 0 Å². The number of nitrogens with one attached hydrogen (secondary N) is 2. The van der Waals surface area contributed by atoms with E-state index in [1.165, 1.54) is 11.8 Å². The molecule has 0 aliphatic carbocycles. The number of anilines is 1. The molecule has 0 saturated heterocycles. The fourth-order valence-electron chi connectivity index (χ4n) is 2.81. The highest BCUT2D eigenvalue weighted by molar-refractivity contribution is 5.85. The average Bonchev–Trinajstić information content (AvgIpc) is 2.65. The van der Waals surface area contributed by atoms with Gasteiger partial charge in [-0.1, -0.05) is 36.4 Å². The molecule has 2 rings (SSSR count). The van der Waals surface area contributed by atoms with E-state index in [9.17, 15) is 4.79 Å². The molecule has 5 nitrogen and oxygen atoms in total. The molecule has 0 spiro atoms. The molecule has 0 aromatic heterocycles. The van der Waals surface area contributed by atoms with Crippen molar-refractivity contribution in [3.8, 4) is 0 Å². The predicted octanol–water partition coefficient (Wildman–Crippen LogP) is 2.49. The average molecular weight is 352 g/mol. The first-order valence-corrected chi connectivity index (χ1v) is 8.85. The molecule has 1 atom stereocenters. The van der Waals surface area contributed by atoms with Gasteiger partial charge in [-0.15, -0.1) is 0 Å². The molecule has 0 bridgehead atoms. The molecule has 0 saturated carbocycles. The highest BCUT2D eigenvalue weighted by atomic mass is 16.1. The lowest BCUT2D eigenvalue weighted by Gasteiger charge is -2.25. The Morgan fingerprint density at radius 1 is 1.19 bits per heavy atom. The number of nitrogens with two attached hydrogens (primary N) is 1. The van der Waals surface area contributed by atoms with Crippen LogP contribution in [0, 0.1) is 5.41 Å². The number of carbonyl (C=O) groups is 1. The summed E-state index contributed by atoms with van der Waals surface area (Å²) in [6.07, 6.45) is 3.30. The number of nitrogens with zero attached hydrogens (tertiary/aromatic N) is 1. The zero-order chi connectivity index (χ0) is 18.9. The normalized spacial score (nSPS) is 12.0. The zero-order valence-electron chi connectivity index (χ0n) is 15.5. The van der Waals surface area contributed by atoms with E-state index in [0.717, 1.165) is 24.0 Å². The first-order valence-electron chi connectivity index (χ1n) is 8.85. The van der Waals surface area contributed by atoms with Crippen molar-refractivity contribution < 1.29 is 4.79 Å². The summed E-state index contributed by atoms with van der Waals surface area (Å²) in [5.41, 5.74) is 9.47. The summed E-state index contributed by atoms with van der Waals surface area (Å²) in [4.78, 5) is 14.3. The maximum Gasteiger partial charge on any atom is 0.220 e. The molecule has 2 aromatic rings. The smallest absolute Gasteiger partial charge is 0.220 e. The van der Waals surface area contributed by atoms with Crippen LogP contribution in [0.15, 0.2) is 48.5 Å². The number of hydrogen-bond donors (Lipinski definition) is 3. The van der Waals surface area contributed by atoms with Gasteiger partial charge in [0.2, 0.25) is 5.91 Å². The maximum absolute atomic E-state index is 12.2. The van der Waals surface area contributed by atoms with Crippen LogP contribution in [0.1, 0.15) is 23.1 Å². The lowest BCUT2D eigenvalue weighted by Crippen LogP contribution is -2.41. The molecular formula is C21H28N4O. The van der Waals surface area contributed by atoms with Crippen molar-refractivity contribution in [1.29, 1.82) is 5.41 Å². The summed E-state index contributed by atoms with van der Waals surface area (Å²) >= 11 is 0. The van der Waals surface area contributed by atoms with Crippen LogP contribution in [-0.4, -0.2) is 43.7 Å². The summed E-state index contributed by atoms with van der Waals surface area (Å²) < 4.78 is 0. The van der Waals surface area contributed by atoms with Crippen molar-refractivity contribution in [3.05, 3.63) is 65.2 Å². The van der Waals surface area contributed by atoms with E-state index in [4.69, 9.17) is 11.1 Å². The van der Waals surface area contributed by atoms with Crippen LogP contribution in [0.5, 0.6) is 0 Å². The third kappa shape index (κ3) is 6.01. The molecule has 0 radical (unpaired) electrons. The molecule has 0 aliphatic heterocycles. The predicted molar refractivity (Wildman–Crippen MR) is 108 cm³/mol. The third-order valence-electron chi connectivity index (χ3n) is 4.53. The number of likely N-dealkylation sites (N-methyl/N-ethyl adjacent to an activating group) is 1. The Morgan fingerprint density at radius 3 is 2.58 bits per heavy atom. The van der Waals surface area contributed by atoms with E-state index in [1.54, 1.807) is 0 Å². The summed E-state index contributed by atoms with van der Waals surface area (Å²) in [7, 11) is 4.02. The topological polar surface area (TPSA) is 82.2 Å². The van der Waals surface area contributed by atoms with Crippen LogP contribution in [-0.2, 0) is 17.6 Å². The van der Waals surface area contributed by atoms with Gasteiger partial charge in [0.15, 0.2) is 0 Å². The monoisotopic (exact) mass is 352 g/mol. The molecule has 1 amide bonds. The molecule has 0 heterocycles. The summed E-state index contributed by atoms with van der Waals surface area (Å²) in [6, 6.07) is 16.0. The van der Waals surface area contributed by atoms with Crippen LogP contribution in [0.25, 0.3) is 0 Å². The van der Waals surface area contributed by atoms with Crippen molar-refractivity contribution in [2.75, 3.05) is 26.4 Å². The number of amides is 1. The number of hydrogen-bond acceptors (Lipinski definition) is 4.